The Hall–Kier alpha value is -3.43. The van der Waals surface area contributed by atoms with Crippen LogP contribution >= 0.6 is 0 Å². The van der Waals surface area contributed by atoms with E-state index in [0.717, 1.165) is 18.4 Å². The van der Waals surface area contributed by atoms with Crippen molar-refractivity contribution in [2.24, 2.45) is 5.92 Å². The minimum atomic E-state index is -1.43. The molecule has 10 heteroatoms. The number of hydrogen-bond donors (Lipinski definition) is 4. The summed E-state index contributed by atoms with van der Waals surface area (Å²) in [7, 11) is 0. The van der Waals surface area contributed by atoms with Gasteiger partial charge in [0.05, 0.1) is 5.92 Å². The van der Waals surface area contributed by atoms with Crippen LogP contribution in [-0.4, -0.2) is 57.9 Å². The summed E-state index contributed by atoms with van der Waals surface area (Å²) < 4.78 is 5.82. The number of esters is 1. The standard InChI is InChI=1S/C29H42N4O6/c1-26(2)23(36)32-28(5,6)25(38)39-20-16-12-11-15-19(20)21(34)30-29(7,17-18-13-9-8-10-14-18)24(37)33-27(3,4)22(35)31-26/h8-10,13-14,19-20H,11-12,15-17H2,1-7H3,(H,30,34)(H,31,35)(H,32,36)(H,33,37)/t19-,20-,29-/m1/s1. The second-order valence-electron chi connectivity index (χ2n) is 12.6. The van der Waals surface area contributed by atoms with Crippen molar-refractivity contribution < 1.29 is 28.7 Å². The van der Waals surface area contributed by atoms with Crippen LogP contribution in [-0.2, 0) is 35.1 Å². The molecule has 1 aliphatic heterocycles. The maximum atomic E-state index is 13.8. The highest BCUT2D eigenvalue weighted by Gasteiger charge is 2.46. The van der Waals surface area contributed by atoms with E-state index in [4.69, 9.17) is 4.74 Å². The number of carbonyl (C=O) groups is 5. The number of fused-ring (bicyclic) bond motifs is 1. The van der Waals surface area contributed by atoms with Gasteiger partial charge in [0.25, 0.3) is 0 Å². The minimum Gasteiger partial charge on any atom is -0.460 e. The van der Waals surface area contributed by atoms with Crippen LogP contribution < -0.4 is 21.3 Å². The molecule has 0 bridgehead atoms. The van der Waals surface area contributed by atoms with E-state index in [2.05, 4.69) is 21.3 Å². The van der Waals surface area contributed by atoms with Gasteiger partial charge in [0.15, 0.2) is 0 Å². The normalized spacial score (nSPS) is 29.6. The molecule has 10 nitrogen and oxygen atoms in total. The summed E-state index contributed by atoms with van der Waals surface area (Å²) in [6.45, 7) is 10.7. The molecular weight excluding hydrogens is 500 g/mol. The van der Waals surface area contributed by atoms with Gasteiger partial charge in [-0.25, -0.2) is 4.79 Å². The number of nitrogens with one attached hydrogen (secondary N) is 4. The Bertz CT molecular complexity index is 1130. The van der Waals surface area contributed by atoms with Crippen molar-refractivity contribution in [1.29, 1.82) is 0 Å². The maximum Gasteiger partial charge on any atom is 0.331 e. The van der Waals surface area contributed by atoms with Gasteiger partial charge in [-0.1, -0.05) is 36.8 Å². The van der Waals surface area contributed by atoms with Crippen LogP contribution in [0.3, 0.4) is 0 Å². The molecular formula is C29H42N4O6. The van der Waals surface area contributed by atoms with Crippen LogP contribution in [0.4, 0.5) is 0 Å². The Morgan fingerprint density at radius 1 is 0.692 bits per heavy atom. The lowest BCUT2D eigenvalue weighted by molar-refractivity contribution is -0.164. The predicted octanol–water partition coefficient (Wildman–Crippen LogP) is 1.90. The van der Waals surface area contributed by atoms with Crippen LogP contribution in [0.25, 0.3) is 0 Å². The Morgan fingerprint density at radius 3 is 1.79 bits per heavy atom. The van der Waals surface area contributed by atoms with Gasteiger partial charge >= 0.3 is 5.97 Å². The zero-order valence-corrected chi connectivity index (χ0v) is 24.0. The van der Waals surface area contributed by atoms with Gasteiger partial charge < -0.3 is 26.0 Å². The summed E-state index contributed by atoms with van der Waals surface area (Å²) in [5.74, 6) is -3.51. The fourth-order valence-corrected chi connectivity index (χ4v) is 4.84. The van der Waals surface area contributed by atoms with Gasteiger partial charge in [0.2, 0.25) is 23.6 Å². The van der Waals surface area contributed by atoms with Crippen LogP contribution in [0.2, 0.25) is 0 Å². The maximum absolute atomic E-state index is 13.8. The Balaban J connectivity index is 2.05. The third-order valence-corrected chi connectivity index (χ3v) is 7.52. The number of ether oxygens (including phenoxy) is 1. The first-order chi connectivity index (χ1) is 18.0. The fourth-order valence-electron chi connectivity index (χ4n) is 4.84. The third kappa shape index (κ3) is 6.96. The summed E-state index contributed by atoms with van der Waals surface area (Å²) in [6.07, 6.45) is 1.99. The third-order valence-electron chi connectivity index (χ3n) is 7.52. The second-order valence-corrected chi connectivity index (χ2v) is 12.6. The molecule has 1 heterocycles. The van der Waals surface area contributed by atoms with Crippen molar-refractivity contribution in [3.05, 3.63) is 35.9 Å². The molecule has 1 aliphatic carbocycles. The van der Waals surface area contributed by atoms with E-state index in [1.54, 1.807) is 6.92 Å². The zero-order valence-electron chi connectivity index (χ0n) is 24.0. The molecule has 0 unspecified atom stereocenters. The molecule has 4 N–H and O–H groups in total. The molecule has 3 atom stereocenters. The van der Waals surface area contributed by atoms with Crippen LogP contribution in [0.15, 0.2) is 30.3 Å². The molecule has 39 heavy (non-hydrogen) atoms. The SMILES string of the molecule is CC1(C)NC(=O)C(C)(C)NC(=O)[C@@](C)(Cc2ccccc2)NC(=O)[C@@H]2CCCC[C@H]2OC(=O)C(C)(C)NC1=O. The molecule has 3 rings (SSSR count). The second kappa shape index (κ2) is 11.0. The molecule has 1 aromatic carbocycles. The molecule has 4 amide bonds. The van der Waals surface area contributed by atoms with Gasteiger partial charge in [0, 0.05) is 6.42 Å². The van der Waals surface area contributed by atoms with Crippen LogP contribution in [0, 0.1) is 5.92 Å². The summed E-state index contributed by atoms with van der Waals surface area (Å²) in [5.41, 5.74) is -4.87. The topological polar surface area (TPSA) is 143 Å². The number of hydrogen-bond acceptors (Lipinski definition) is 6. The first-order valence-electron chi connectivity index (χ1n) is 13.5. The van der Waals surface area contributed by atoms with Gasteiger partial charge in [-0.2, -0.15) is 0 Å². The predicted molar refractivity (Wildman–Crippen MR) is 145 cm³/mol. The molecule has 1 saturated heterocycles. The van der Waals surface area contributed by atoms with E-state index >= 15 is 0 Å². The summed E-state index contributed by atoms with van der Waals surface area (Å²) in [5, 5.41) is 11.1. The monoisotopic (exact) mass is 542 g/mol. The van der Waals surface area contributed by atoms with Crippen molar-refractivity contribution in [2.45, 2.75) is 109 Å². The molecule has 0 spiro atoms. The lowest BCUT2D eigenvalue weighted by Crippen LogP contribution is -2.68. The summed E-state index contributed by atoms with van der Waals surface area (Å²) in [4.78, 5) is 67.2. The van der Waals surface area contributed by atoms with Crippen molar-refractivity contribution in [2.75, 3.05) is 0 Å². The van der Waals surface area contributed by atoms with Crippen molar-refractivity contribution >= 4 is 29.6 Å². The fraction of sp³-hybridized carbons (Fsp3) is 0.621. The molecule has 214 valence electrons. The molecule has 2 aliphatic rings. The van der Waals surface area contributed by atoms with Crippen molar-refractivity contribution in [1.82, 2.24) is 21.3 Å². The van der Waals surface area contributed by atoms with Gasteiger partial charge in [-0.05, 0) is 73.3 Å². The van der Waals surface area contributed by atoms with E-state index in [9.17, 15) is 24.0 Å². The Labute approximate surface area is 230 Å². The highest BCUT2D eigenvalue weighted by molar-refractivity contribution is 6.00. The number of benzene rings is 1. The average Bonchev–Trinajstić information content (AvgIpc) is 2.83. The summed E-state index contributed by atoms with van der Waals surface area (Å²) >= 11 is 0. The van der Waals surface area contributed by atoms with Crippen molar-refractivity contribution in [3.8, 4) is 0 Å². The molecule has 1 aromatic rings. The first-order valence-corrected chi connectivity index (χ1v) is 13.5. The first kappa shape index (κ1) is 30.1. The highest BCUT2D eigenvalue weighted by atomic mass is 16.5. The molecule has 1 saturated carbocycles. The quantitative estimate of drug-likeness (QED) is 0.421. The molecule has 0 aromatic heterocycles. The van der Waals surface area contributed by atoms with Crippen molar-refractivity contribution in [3.63, 3.8) is 0 Å². The van der Waals surface area contributed by atoms with Gasteiger partial charge in [-0.15, -0.1) is 0 Å². The number of rotatable bonds is 2. The van der Waals surface area contributed by atoms with E-state index in [1.165, 1.54) is 41.5 Å². The lowest BCUT2D eigenvalue weighted by atomic mass is 9.83. The van der Waals surface area contributed by atoms with Gasteiger partial charge in [0.1, 0.15) is 28.3 Å². The van der Waals surface area contributed by atoms with E-state index in [-0.39, 0.29) is 6.42 Å². The largest absolute Gasteiger partial charge is 0.460 e. The molecule has 0 radical (unpaired) electrons. The smallest absolute Gasteiger partial charge is 0.331 e. The average molecular weight is 543 g/mol. The van der Waals surface area contributed by atoms with E-state index in [0.29, 0.717) is 12.8 Å². The minimum absolute atomic E-state index is 0.168. The van der Waals surface area contributed by atoms with E-state index < -0.39 is 63.8 Å². The zero-order chi connectivity index (χ0) is 29.2. The Kier molecular flexibility index (Phi) is 8.48. The lowest BCUT2D eigenvalue weighted by Gasteiger charge is -2.39. The number of amides is 4. The van der Waals surface area contributed by atoms with Crippen LogP contribution in [0.5, 0.6) is 0 Å². The molecule has 2 fully saturated rings. The highest BCUT2D eigenvalue weighted by Crippen LogP contribution is 2.30. The van der Waals surface area contributed by atoms with Crippen LogP contribution in [0.1, 0.15) is 79.7 Å². The Morgan fingerprint density at radius 2 is 1.21 bits per heavy atom. The van der Waals surface area contributed by atoms with E-state index in [1.807, 2.05) is 30.3 Å². The van der Waals surface area contributed by atoms with Gasteiger partial charge in [-0.3, -0.25) is 19.2 Å². The number of carbonyl (C=O) groups excluding carboxylic acids is 5. The summed E-state index contributed by atoms with van der Waals surface area (Å²) in [6, 6.07) is 9.26.